The summed E-state index contributed by atoms with van der Waals surface area (Å²) in [5, 5.41) is 2.84. The molecule has 4 rings (SSSR count). The van der Waals surface area contributed by atoms with Gasteiger partial charge in [0.25, 0.3) is 5.91 Å². The fourth-order valence-corrected chi connectivity index (χ4v) is 3.85. The van der Waals surface area contributed by atoms with Gasteiger partial charge in [-0.15, -0.1) is 0 Å². The van der Waals surface area contributed by atoms with Gasteiger partial charge in [-0.3, -0.25) is 14.4 Å². The molecule has 30 heavy (non-hydrogen) atoms. The molecule has 0 radical (unpaired) electrons. The average Bonchev–Trinajstić information content (AvgIpc) is 3.35. The third-order valence-corrected chi connectivity index (χ3v) is 5.49. The molecule has 1 N–H and O–H groups in total. The quantitative estimate of drug-likeness (QED) is 0.756. The number of furan rings is 1. The number of nitrogens with one attached hydrogen (secondary N) is 1. The van der Waals surface area contributed by atoms with Crippen LogP contribution in [0.1, 0.15) is 52.9 Å². The lowest BCUT2D eigenvalue weighted by Gasteiger charge is -2.31. The van der Waals surface area contributed by atoms with Crippen LogP contribution in [-0.4, -0.2) is 42.4 Å². The van der Waals surface area contributed by atoms with Crippen molar-refractivity contribution in [3.05, 3.63) is 41.3 Å². The molecule has 1 fully saturated rings. The van der Waals surface area contributed by atoms with Crippen LogP contribution in [0.4, 0.5) is 5.69 Å². The first kappa shape index (κ1) is 20.0. The molecule has 0 bridgehead atoms. The van der Waals surface area contributed by atoms with Crippen molar-refractivity contribution in [3.8, 4) is 11.5 Å². The Hall–Kier alpha value is -3.29. The van der Waals surface area contributed by atoms with Gasteiger partial charge >= 0.3 is 0 Å². The number of ketones is 1. The molecule has 8 nitrogen and oxygen atoms in total. The number of aryl methyl sites for hydroxylation is 1. The van der Waals surface area contributed by atoms with Crippen molar-refractivity contribution in [2.45, 2.75) is 33.1 Å². The summed E-state index contributed by atoms with van der Waals surface area (Å²) in [5.74, 6) is 1.80. The molecule has 0 spiro atoms. The molecule has 8 heteroatoms. The van der Waals surface area contributed by atoms with Crippen molar-refractivity contribution < 1.29 is 28.3 Å². The first-order valence-corrected chi connectivity index (χ1v) is 10.0. The van der Waals surface area contributed by atoms with Crippen molar-refractivity contribution in [1.82, 2.24) is 4.90 Å². The maximum absolute atomic E-state index is 12.6. The van der Waals surface area contributed by atoms with E-state index in [1.54, 1.807) is 36.1 Å². The van der Waals surface area contributed by atoms with Gasteiger partial charge in [0.05, 0.1) is 5.69 Å². The van der Waals surface area contributed by atoms with Crippen LogP contribution in [0, 0.1) is 12.8 Å². The van der Waals surface area contributed by atoms with Gasteiger partial charge in [0, 0.05) is 31.1 Å². The van der Waals surface area contributed by atoms with E-state index in [4.69, 9.17) is 13.9 Å². The predicted octanol–water partition coefficient (Wildman–Crippen LogP) is 3.40. The molecule has 3 heterocycles. The number of rotatable bonds is 5. The van der Waals surface area contributed by atoms with Gasteiger partial charge in [0.15, 0.2) is 23.0 Å². The number of carbonyl (C=O) groups excluding carboxylic acids is 3. The second-order valence-corrected chi connectivity index (χ2v) is 7.71. The number of Topliss-reactive ketones (excluding diaryl/α,β-unsaturated/α-hetero) is 1. The number of amides is 2. The Morgan fingerprint density at radius 1 is 1.10 bits per heavy atom. The van der Waals surface area contributed by atoms with E-state index in [1.807, 2.05) is 0 Å². The number of benzene rings is 1. The lowest BCUT2D eigenvalue weighted by atomic mass is 9.93. The van der Waals surface area contributed by atoms with Gasteiger partial charge in [0.2, 0.25) is 12.7 Å². The second-order valence-electron chi connectivity index (χ2n) is 7.71. The molecule has 2 aliphatic rings. The lowest BCUT2D eigenvalue weighted by Crippen LogP contribution is -2.39. The van der Waals surface area contributed by atoms with Crippen LogP contribution in [0.25, 0.3) is 0 Å². The van der Waals surface area contributed by atoms with Crippen LogP contribution < -0.4 is 14.8 Å². The van der Waals surface area contributed by atoms with E-state index < -0.39 is 0 Å². The third kappa shape index (κ3) is 4.17. The van der Waals surface area contributed by atoms with E-state index in [1.165, 1.54) is 6.92 Å². The minimum atomic E-state index is -0.164. The summed E-state index contributed by atoms with van der Waals surface area (Å²) >= 11 is 0. The monoisotopic (exact) mass is 412 g/mol. The summed E-state index contributed by atoms with van der Waals surface area (Å²) < 4.78 is 16.1. The molecule has 2 aromatic rings. The zero-order chi connectivity index (χ0) is 21.3. The number of hydrogen-bond acceptors (Lipinski definition) is 6. The SMILES string of the molecule is CC(=O)c1cc2c(cc1NC(=O)CC1CCN(C(=O)c3ccc(C)o3)CC1)OCO2. The van der Waals surface area contributed by atoms with E-state index in [0.29, 0.717) is 53.8 Å². The topological polar surface area (TPSA) is 98.1 Å². The van der Waals surface area contributed by atoms with E-state index in [2.05, 4.69) is 5.32 Å². The zero-order valence-electron chi connectivity index (χ0n) is 17.0. The van der Waals surface area contributed by atoms with Crippen LogP contribution in [0.2, 0.25) is 0 Å². The zero-order valence-corrected chi connectivity index (χ0v) is 17.0. The predicted molar refractivity (Wildman–Crippen MR) is 108 cm³/mol. The summed E-state index contributed by atoms with van der Waals surface area (Å²) in [6.07, 6.45) is 1.80. The minimum Gasteiger partial charge on any atom is -0.456 e. The summed E-state index contributed by atoms with van der Waals surface area (Å²) in [6, 6.07) is 6.69. The van der Waals surface area contributed by atoms with Crippen molar-refractivity contribution >= 4 is 23.3 Å². The molecular formula is C22H24N2O6. The molecule has 1 aromatic heterocycles. The molecule has 158 valence electrons. The highest BCUT2D eigenvalue weighted by atomic mass is 16.7. The van der Waals surface area contributed by atoms with Gasteiger partial charge < -0.3 is 24.1 Å². The first-order valence-electron chi connectivity index (χ1n) is 10.0. The van der Waals surface area contributed by atoms with Gasteiger partial charge in [-0.05, 0) is 50.8 Å². The van der Waals surface area contributed by atoms with Gasteiger partial charge in [-0.1, -0.05) is 0 Å². The standard InChI is InChI=1S/C22H24N2O6/c1-13-3-4-18(30-13)22(27)24-7-5-15(6-8-24)9-21(26)23-17-11-20-19(28-12-29-20)10-16(17)14(2)25/h3-4,10-11,15H,5-9,12H2,1-2H3,(H,23,26). The molecule has 1 saturated heterocycles. The number of carbonyl (C=O) groups is 3. The lowest BCUT2D eigenvalue weighted by molar-refractivity contribution is -0.117. The Kier molecular flexibility index (Phi) is 5.48. The van der Waals surface area contributed by atoms with Crippen molar-refractivity contribution in [3.63, 3.8) is 0 Å². The summed E-state index contributed by atoms with van der Waals surface area (Å²) in [7, 11) is 0. The second kappa shape index (κ2) is 8.22. The van der Waals surface area contributed by atoms with Gasteiger partial charge in [0.1, 0.15) is 5.76 Å². The molecule has 0 aliphatic carbocycles. The van der Waals surface area contributed by atoms with Crippen molar-refractivity contribution in [2.75, 3.05) is 25.2 Å². The largest absolute Gasteiger partial charge is 0.456 e. The van der Waals surface area contributed by atoms with Gasteiger partial charge in [-0.25, -0.2) is 0 Å². The average molecular weight is 412 g/mol. The molecule has 0 atom stereocenters. The number of likely N-dealkylation sites (tertiary alicyclic amines) is 1. The number of nitrogens with zero attached hydrogens (tertiary/aromatic N) is 1. The number of hydrogen-bond donors (Lipinski definition) is 1. The highest BCUT2D eigenvalue weighted by Crippen LogP contribution is 2.37. The maximum atomic E-state index is 12.6. The molecular weight excluding hydrogens is 388 g/mol. The fourth-order valence-electron chi connectivity index (χ4n) is 3.85. The highest BCUT2D eigenvalue weighted by molar-refractivity contribution is 6.04. The Bertz CT molecular complexity index is 988. The summed E-state index contributed by atoms with van der Waals surface area (Å²) in [4.78, 5) is 38.8. The first-order chi connectivity index (χ1) is 14.4. The molecule has 2 amide bonds. The maximum Gasteiger partial charge on any atom is 0.289 e. The van der Waals surface area contributed by atoms with Crippen LogP contribution in [-0.2, 0) is 4.79 Å². The smallest absolute Gasteiger partial charge is 0.289 e. The Morgan fingerprint density at radius 2 is 1.80 bits per heavy atom. The molecule has 1 aromatic carbocycles. The summed E-state index contributed by atoms with van der Waals surface area (Å²) in [6.45, 7) is 4.51. The third-order valence-electron chi connectivity index (χ3n) is 5.49. The van der Waals surface area contributed by atoms with Crippen LogP contribution in [0.15, 0.2) is 28.7 Å². The molecule has 0 unspecified atom stereocenters. The summed E-state index contributed by atoms with van der Waals surface area (Å²) in [5.41, 5.74) is 0.819. The van der Waals surface area contributed by atoms with Crippen molar-refractivity contribution in [1.29, 1.82) is 0 Å². The Labute approximate surface area is 174 Å². The van der Waals surface area contributed by atoms with Crippen LogP contribution in [0.5, 0.6) is 11.5 Å². The molecule has 0 saturated carbocycles. The van der Waals surface area contributed by atoms with Crippen LogP contribution in [0.3, 0.4) is 0 Å². The number of fused-ring (bicyclic) bond motifs is 1. The number of anilines is 1. The van der Waals surface area contributed by atoms with E-state index in [-0.39, 0.29) is 30.3 Å². The van der Waals surface area contributed by atoms with E-state index in [9.17, 15) is 14.4 Å². The fraction of sp³-hybridized carbons (Fsp3) is 0.409. The normalized spacial score (nSPS) is 15.9. The van der Waals surface area contributed by atoms with E-state index >= 15 is 0 Å². The molecule has 2 aliphatic heterocycles. The number of piperidine rings is 1. The Morgan fingerprint density at radius 3 is 2.43 bits per heavy atom. The Balaban J connectivity index is 1.33. The number of ether oxygens (including phenoxy) is 2. The van der Waals surface area contributed by atoms with Crippen molar-refractivity contribution in [2.24, 2.45) is 5.92 Å². The van der Waals surface area contributed by atoms with Gasteiger partial charge in [-0.2, -0.15) is 0 Å². The highest BCUT2D eigenvalue weighted by Gasteiger charge is 2.27. The van der Waals surface area contributed by atoms with E-state index in [0.717, 1.165) is 12.8 Å². The minimum absolute atomic E-state index is 0.0962. The van der Waals surface area contributed by atoms with Crippen LogP contribution >= 0.6 is 0 Å².